The van der Waals surface area contributed by atoms with E-state index < -0.39 is 0 Å². The summed E-state index contributed by atoms with van der Waals surface area (Å²) < 4.78 is 1.57. The van der Waals surface area contributed by atoms with E-state index in [1.807, 2.05) is 30.5 Å². The van der Waals surface area contributed by atoms with E-state index >= 15 is 0 Å². The van der Waals surface area contributed by atoms with Gasteiger partial charge in [-0.3, -0.25) is 4.79 Å². The quantitative estimate of drug-likeness (QED) is 0.720. The maximum absolute atomic E-state index is 12.7. The van der Waals surface area contributed by atoms with Crippen molar-refractivity contribution in [2.24, 2.45) is 11.7 Å². The summed E-state index contributed by atoms with van der Waals surface area (Å²) >= 11 is 1.68. The summed E-state index contributed by atoms with van der Waals surface area (Å²) in [5, 5.41) is 14.1. The van der Waals surface area contributed by atoms with Gasteiger partial charge in [-0.1, -0.05) is 12.1 Å². The normalized spacial score (nSPS) is 13.6. The Labute approximate surface area is 158 Å². The molecular weight excluding hydrogens is 358 g/mol. The summed E-state index contributed by atoms with van der Waals surface area (Å²) in [6, 6.07) is 8.12. The number of thioether (sulfide) groups is 1. The molecule has 1 aliphatic carbocycles. The number of benzene rings is 1. The van der Waals surface area contributed by atoms with E-state index in [-0.39, 0.29) is 31.1 Å². The van der Waals surface area contributed by atoms with Crippen molar-refractivity contribution in [3.05, 3.63) is 45.7 Å². The van der Waals surface area contributed by atoms with E-state index in [0.717, 1.165) is 29.7 Å². The van der Waals surface area contributed by atoms with Crippen LogP contribution in [0.3, 0.4) is 0 Å². The van der Waals surface area contributed by atoms with Crippen LogP contribution < -0.4 is 11.3 Å². The van der Waals surface area contributed by atoms with Gasteiger partial charge in [0.05, 0.1) is 5.69 Å². The number of aliphatic hydroxyl groups excluding tert-OH is 1. The number of rotatable bonds is 7. The fraction of sp³-hybridized carbons (Fsp3) is 0.444. The Bertz CT molecular complexity index is 773. The lowest BCUT2D eigenvalue weighted by molar-refractivity contribution is 0.299. The van der Waals surface area contributed by atoms with Crippen LogP contribution in [0.1, 0.15) is 24.0 Å². The molecule has 0 radical (unpaired) electrons. The molecule has 1 aromatic heterocycles. The number of halogens is 1. The van der Waals surface area contributed by atoms with Crippen LogP contribution >= 0.6 is 24.2 Å². The third-order valence-corrected chi connectivity index (χ3v) is 5.16. The summed E-state index contributed by atoms with van der Waals surface area (Å²) in [5.74, 6) is 0.552. The highest BCUT2D eigenvalue weighted by Gasteiger charge is 2.25. The zero-order valence-corrected chi connectivity index (χ0v) is 15.9. The second kappa shape index (κ2) is 8.85. The molecule has 1 fully saturated rings. The number of hydrogen-bond donors (Lipinski definition) is 2. The molecule has 0 unspecified atom stereocenters. The Morgan fingerprint density at radius 1 is 1.28 bits per heavy atom. The van der Waals surface area contributed by atoms with Crippen LogP contribution in [0.5, 0.6) is 0 Å². The van der Waals surface area contributed by atoms with Gasteiger partial charge in [-0.25, -0.2) is 4.68 Å². The SMILES string of the molecule is CSc1ccc(-c2nn(CC3CC3)c(=O)c(CN)c2CCO)cc1.Cl. The zero-order valence-electron chi connectivity index (χ0n) is 14.3. The lowest BCUT2D eigenvalue weighted by Gasteiger charge is -2.16. The minimum Gasteiger partial charge on any atom is -0.396 e. The van der Waals surface area contributed by atoms with E-state index in [4.69, 9.17) is 5.73 Å². The van der Waals surface area contributed by atoms with Crippen molar-refractivity contribution in [3.8, 4) is 11.3 Å². The molecule has 1 aliphatic rings. The second-order valence-corrected chi connectivity index (χ2v) is 7.02. The van der Waals surface area contributed by atoms with E-state index in [9.17, 15) is 9.90 Å². The van der Waals surface area contributed by atoms with Gasteiger partial charge in [0.2, 0.25) is 0 Å². The van der Waals surface area contributed by atoms with Crippen molar-refractivity contribution in [2.45, 2.75) is 37.2 Å². The van der Waals surface area contributed by atoms with Crippen molar-refractivity contribution in [2.75, 3.05) is 12.9 Å². The van der Waals surface area contributed by atoms with Crippen molar-refractivity contribution < 1.29 is 5.11 Å². The molecule has 0 atom stereocenters. The largest absolute Gasteiger partial charge is 0.396 e. The molecule has 25 heavy (non-hydrogen) atoms. The molecule has 2 aromatic rings. The Balaban J connectivity index is 0.00000225. The molecule has 0 saturated heterocycles. The first-order valence-electron chi connectivity index (χ1n) is 8.26. The molecule has 1 saturated carbocycles. The first-order valence-corrected chi connectivity index (χ1v) is 9.48. The average molecular weight is 382 g/mol. The molecule has 3 N–H and O–H groups in total. The van der Waals surface area contributed by atoms with Gasteiger partial charge in [0.15, 0.2) is 0 Å². The highest BCUT2D eigenvalue weighted by molar-refractivity contribution is 7.98. The molecule has 0 aliphatic heterocycles. The van der Waals surface area contributed by atoms with Crippen LogP contribution in [0.25, 0.3) is 11.3 Å². The highest BCUT2D eigenvalue weighted by atomic mass is 35.5. The van der Waals surface area contributed by atoms with Gasteiger partial charge < -0.3 is 10.8 Å². The first-order chi connectivity index (χ1) is 11.7. The summed E-state index contributed by atoms with van der Waals surface area (Å²) in [6.07, 6.45) is 4.73. The van der Waals surface area contributed by atoms with Gasteiger partial charge in [-0.2, -0.15) is 5.10 Å². The minimum atomic E-state index is -0.114. The fourth-order valence-electron chi connectivity index (χ4n) is 2.90. The maximum atomic E-state index is 12.7. The number of nitrogens with zero attached hydrogens (tertiary/aromatic N) is 2. The minimum absolute atomic E-state index is 0. The van der Waals surface area contributed by atoms with Crippen LogP contribution in [0.4, 0.5) is 0 Å². The maximum Gasteiger partial charge on any atom is 0.271 e. The summed E-state index contributed by atoms with van der Waals surface area (Å²) in [6.45, 7) is 0.787. The number of aromatic nitrogens is 2. The van der Waals surface area contributed by atoms with Gasteiger partial charge >= 0.3 is 0 Å². The summed E-state index contributed by atoms with van der Waals surface area (Å²) in [5.41, 5.74) is 8.81. The molecule has 136 valence electrons. The molecule has 1 heterocycles. The smallest absolute Gasteiger partial charge is 0.271 e. The molecule has 0 spiro atoms. The first kappa shape index (κ1) is 20.0. The Morgan fingerprint density at radius 3 is 2.48 bits per heavy atom. The average Bonchev–Trinajstić information content (AvgIpc) is 3.42. The van der Waals surface area contributed by atoms with Crippen LogP contribution in [0.15, 0.2) is 34.0 Å². The van der Waals surface area contributed by atoms with Crippen LogP contribution in [-0.2, 0) is 19.5 Å². The van der Waals surface area contributed by atoms with Gasteiger partial charge in [-0.05, 0) is 49.1 Å². The fourth-order valence-corrected chi connectivity index (χ4v) is 3.30. The predicted molar refractivity (Wildman–Crippen MR) is 104 cm³/mol. The van der Waals surface area contributed by atoms with Gasteiger partial charge in [0.25, 0.3) is 5.56 Å². The van der Waals surface area contributed by atoms with Crippen molar-refractivity contribution >= 4 is 24.2 Å². The molecule has 5 nitrogen and oxygen atoms in total. The second-order valence-electron chi connectivity index (χ2n) is 6.14. The third kappa shape index (κ3) is 4.44. The van der Waals surface area contributed by atoms with E-state index in [1.54, 1.807) is 16.4 Å². The third-order valence-electron chi connectivity index (χ3n) is 4.42. The lowest BCUT2D eigenvalue weighted by Crippen LogP contribution is -2.31. The van der Waals surface area contributed by atoms with Gasteiger partial charge in [0.1, 0.15) is 0 Å². The molecule has 1 aromatic carbocycles. The molecular formula is C18H24ClN3O2S. The number of hydrogen-bond acceptors (Lipinski definition) is 5. The Morgan fingerprint density at radius 2 is 1.96 bits per heavy atom. The summed E-state index contributed by atoms with van der Waals surface area (Å²) in [4.78, 5) is 13.9. The Kier molecular flexibility index (Phi) is 7.07. The molecule has 0 bridgehead atoms. The van der Waals surface area contributed by atoms with Crippen LogP contribution in [0.2, 0.25) is 0 Å². The van der Waals surface area contributed by atoms with Crippen molar-refractivity contribution in [1.29, 1.82) is 0 Å². The van der Waals surface area contributed by atoms with Gasteiger partial charge in [0, 0.05) is 35.7 Å². The summed E-state index contributed by atoms with van der Waals surface area (Å²) in [7, 11) is 0. The molecule has 3 rings (SSSR count). The van der Waals surface area contributed by atoms with Crippen LogP contribution in [-0.4, -0.2) is 27.7 Å². The van der Waals surface area contributed by atoms with Crippen molar-refractivity contribution in [3.63, 3.8) is 0 Å². The number of nitrogens with two attached hydrogens (primary N) is 1. The van der Waals surface area contributed by atoms with E-state index in [1.165, 1.54) is 4.90 Å². The topological polar surface area (TPSA) is 81.1 Å². The number of aliphatic hydroxyl groups is 1. The lowest BCUT2D eigenvalue weighted by atomic mass is 9.99. The zero-order chi connectivity index (χ0) is 17.1. The Hall–Kier alpha value is -1.34. The molecule has 7 heteroatoms. The van der Waals surface area contributed by atoms with E-state index in [0.29, 0.717) is 24.4 Å². The van der Waals surface area contributed by atoms with E-state index in [2.05, 4.69) is 5.10 Å². The highest BCUT2D eigenvalue weighted by Crippen LogP contribution is 2.31. The molecule has 0 amide bonds. The van der Waals surface area contributed by atoms with Gasteiger partial charge in [-0.15, -0.1) is 24.2 Å². The monoisotopic (exact) mass is 381 g/mol. The predicted octanol–water partition coefficient (Wildman–Crippen LogP) is 2.46. The standard InChI is InChI=1S/C18H23N3O2S.ClH/c1-24-14-6-4-13(5-7-14)17-15(8-9-22)16(10-19)18(23)21(20-17)11-12-2-3-12;/h4-7,12,22H,2-3,8-11,19H2,1H3;1H. The van der Waals surface area contributed by atoms with Crippen molar-refractivity contribution in [1.82, 2.24) is 9.78 Å². The van der Waals surface area contributed by atoms with Crippen LogP contribution in [0, 0.1) is 5.92 Å².